The van der Waals surface area contributed by atoms with Gasteiger partial charge in [0.05, 0.1) is 12.4 Å². The summed E-state index contributed by atoms with van der Waals surface area (Å²) < 4.78 is 0.459. The van der Waals surface area contributed by atoms with E-state index in [4.69, 9.17) is 0 Å². The molecular weight excluding hydrogens is 274 g/mol. The van der Waals surface area contributed by atoms with Crippen LogP contribution in [0.5, 0.6) is 0 Å². The fourth-order valence-electron chi connectivity index (χ4n) is 1.97. The first-order chi connectivity index (χ1) is 7.59. The molecule has 2 N–H and O–H groups in total. The molecular formula is C10H14BrN3O2. The molecule has 1 aliphatic rings. The van der Waals surface area contributed by atoms with Crippen LogP contribution in [0.1, 0.15) is 13.3 Å². The monoisotopic (exact) mass is 287 g/mol. The van der Waals surface area contributed by atoms with Crippen LogP contribution >= 0.6 is 15.9 Å². The third kappa shape index (κ3) is 2.12. The van der Waals surface area contributed by atoms with Crippen LogP contribution in [0.15, 0.2) is 15.6 Å². The predicted octanol–water partition coefficient (Wildman–Crippen LogP) is 0.740. The van der Waals surface area contributed by atoms with Crippen molar-refractivity contribution in [3.63, 3.8) is 0 Å². The van der Waals surface area contributed by atoms with Crippen LogP contribution in [-0.4, -0.2) is 34.3 Å². The standard InChI is InChI=1S/C10H14BrN3O2/c1-6(15)7-2-3-14(4-7)9-8(11)10(16)13-5-12-9/h5-7,15H,2-4H2,1H3,(H,12,13,16). The average molecular weight is 288 g/mol. The van der Waals surface area contributed by atoms with Crippen molar-refractivity contribution in [2.45, 2.75) is 19.4 Å². The number of aromatic amines is 1. The molecule has 2 rings (SSSR count). The number of hydrogen-bond acceptors (Lipinski definition) is 4. The molecule has 0 aromatic carbocycles. The smallest absolute Gasteiger partial charge is 0.267 e. The van der Waals surface area contributed by atoms with Gasteiger partial charge in [-0.3, -0.25) is 4.79 Å². The summed E-state index contributed by atoms with van der Waals surface area (Å²) in [6.45, 7) is 3.37. The van der Waals surface area contributed by atoms with E-state index in [9.17, 15) is 9.90 Å². The molecule has 1 aromatic rings. The van der Waals surface area contributed by atoms with Crippen molar-refractivity contribution in [3.05, 3.63) is 21.2 Å². The largest absolute Gasteiger partial charge is 0.393 e. The van der Waals surface area contributed by atoms with Gasteiger partial charge in [0.2, 0.25) is 0 Å². The van der Waals surface area contributed by atoms with E-state index in [1.165, 1.54) is 6.33 Å². The highest BCUT2D eigenvalue weighted by Gasteiger charge is 2.28. The minimum atomic E-state index is -0.314. The highest BCUT2D eigenvalue weighted by Crippen LogP contribution is 2.27. The Morgan fingerprint density at radius 3 is 3.12 bits per heavy atom. The number of nitrogens with one attached hydrogen (secondary N) is 1. The summed E-state index contributed by atoms with van der Waals surface area (Å²) >= 11 is 3.24. The van der Waals surface area contributed by atoms with Crippen molar-refractivity contribution in [2.75, 3.05) is 18.0 Å². The van der Waals surface area contributed by atoms with Gasteiger partial charge in [0.25, 0.3) is 5.56 Å². The molecule has 0 amide bonds. The fourth-order valence-corrected chi connectivity index (χ4v) is 2.44. The molecule has 0 aliphatic carbocycles. The number of halogens is 1. The first-order valence-corrected chi connectivity index (χ1v) is 6.05. The maximum Gasteiger partial charge on any atom is 0.267 e. The lowest BCUT2D eigenvalue weighted by Crippen LogP contribution is -2.26. The number of anilines is 1. The molecule has 0 saturated carbocycles. The Balaban J connectivity index is 2.21. The van der Waals surface area contributed by atoms with Gasteiger partial charge in [0, 0.05) is 19.0 Å². The Kier molecular flexibility index (Phi) is 3.30. The summed E-state index contributed by atoms with van der Waals surface area (Å²) in [7, 11) is 0. The Labute approximate surface area is 102 Å². The summed E-state index contributed by atoms with van der Waals surface area (Å²) in [6.07, 6.45) is 2.02. The van der Waals surface area contributed by atoms with Gasteiger partial charge in [-0.05, 0) is 29.3 Å². The molecule has 0 spiro atoms. The number of aliphatic hydroxyl groups is 1. The van der Waals surface area contributed by atoms with Crippen molar-refractivity contribution in [1.82, 2.24) is 9.97 Å². The van der Waals surface area contributed by atoms with Gasteiger partial charge < -0.3 is 15.0 Å². The highest BCUT2D eigenvalue weighted by molar-refractivity contribution is 9.10. The van der Waals surface area contributed by atoms with Crippen LogP contribution in [0.3, 0.4) is 0 Å². The Morgan fingerprint density at radius 2 is 2.50 bits per heavy atom. The van der Waals surface area contributed by atoms with Crippen molar-refractivity contribution < 1.29 is 5.11 Å². The van der Waals surface area contributed by atoms with Gasteiger partial charge in [-0.2, -0.15) is 0 Å². The SMILES string of the molecule is CC(O)C1CCN(c2nc[nH]c(=O)c2Br)C1. The topological polar surface area (TPSA) is 69.2 Å². The Morgan fingerprint density at radius 1 is 1.75 bits per heavy atom. The summed E-state index contributed by atoms with van der Waals surface area (Å²) in [6, 6.07) is 0. The second kappa shape index (κ2) is 4.55. The van der Waals surface area contributed by atoms with Crippen molar-refractivity contribution >= 4 is 21.7 Å². The molecule has 1 fully saturated rings. The van der Waals surface area contributed by atoms with Gasteiger partial charge in [0.1, 0.15) is 10.3 Å². The molecule has 0 bridgehead atoms. The number of aliphatic hydroxyl groups excluding tert-OH is 1. The van der Waals surface area contributed by atoms with E-state index in [0.717, 1.165) is 19.5 Å². The molecule has 2 atom stereocenters. The first-order valence-electron chi connectivity index (χ1n) is 5.26. The van der Waals surface area contributed by atoms with E-state index in [-0.39, 0.29) is 17.6 Å². The molecule has 0 radical (unpaired) electrons. The third-order valence-electron chi connectivity index (χ3n) is 2.98. The summed E-state index contributed by atoms with van der Waals surface area (Å²) in [5.74, 6) is 0.917. The minimum Gasteiger partial charge on any atom is -0.393 e. The number of aromatic nitrogens is 2. The van der Waals surface area contributed by atoms with Crippen LogP contribution in [0, 0.1) is 5.92 Å². The van der Waals surface area contributed by atoms with Gasteiger partial charge in [-0.15, -0.1) is 0 Å². The zero-order chi connectivity index (χ0) is 11.7. The molecule has 6 heteroatoms. The molecule has 5 nitrogen and oxygen atoms in total. The van der Waals surface area contributed by atoms with Gasteiger partial charge in [0.15, 0.2) is 0 Å². The predicted molar refractivity (Wildman–Crippen MR) is 64.6 cm³/mol. The van der Waals surface area contributed by atoms with Crippen LogP contribution < -0.4 is 10.5 Å². The summed E-state index contributed by atoms with van der Waals surface area (Å²) in [5.41, 5.74) is -0.175. The molecule has 1 aromatic heterocycles. The lowest BCUT2D eigenvalue weighted by atomic mass is 10.0. The number of hydrogen-bond donors (Lipinski definition) is 2. The lowest BCUT2D eigenvalue weighted by Gasteiger charge is -2.19. The molecule has 1 saturated heterocycles. The second-order valence-electron chi connectivity index (χ2n) is 4.10. The molecule has 2 unspecified atom stereocenters. The van der Waals surface area contributed by atoms with Crippen LogP contribution in [0.25, 0.3) is 0 Å². The zero-order valence-corrected chi connectivity index (χ0v) is 10.6. The van der Waals surface area contributed by atoms with Crippen LogP contribution in [0.2, 0.25) is 0 Å². The maximum atomic E-state index is 11.4. The highest BCUT2D eigenvalue weighted by atomic mass is 79.9. The number of nitrogens with zero attached hydrogens (tertiary/aromatic N) is 2. The Hall–Kier alpha value is -0.880. The molecule has 2 heterocycles. The third-order valence-corrected chi connectivity index (χ3v) is 3.70. The quantitative estimate of drug-likeness (QED) is 0.842. The zero-order valence-electron chi connectivity index (χ0n) is 8.98. The van der Waals surface area contributed by atoms with Crippen molar-refractivity contribution in [1.29, 1.82) is 0 Å². The van der Waals surface area contributed by atoms with Crippen LogP contribution in [-0.2, 0) is 0 Å². The van der Waals surface area contributed by atoms with E-state index in [2.05, 4.69) is 25.9 Å². The summed E-state index contributed by atoms with van der Waals surface area (Å²) in [4.78, 5) is 20.1. The number of rotatable bonds is 2. The molecule has 16 heavy (non-hydrogen) atoms. The maximum absolute atomic E-state index is 11.4. The molecule has 1 aliphatic heterocycles. The van der Waals surface area contributed by atoms with Crippen molar-refractivity contribution in [2.24, 2.45) is 5.92 Å². The number of H-pyrrole nitrogens is 1. The Bertz CT molecular complexity index is 432. The second-order valence-corrected chi connectivity index (χ2v) is 4.90. The van der Waals surface area contributed by atoms with Gasteiger partial charge >= 0.3 is 0 Å². The van der Waals surface area contributed by atoms with E-state index in [0.29, 0.717) is 10.3 Å². The lowest BCUT2D eigenvalue weighted by molar-refractivity contribution is 0.136. The molecule has 88 valence electrons. The van der Waals surface area contributed by atoms with E-state index in [1.807, 2.05) is 4.90 Å². The fraction of sp³-hybridized carbons (Fsp3) is 0.600. The normalized spacial score (nSPS) is 22.4. The average Bonchev–Trinajstić information content (AvgIpc) is 2.71. The van der Waals surface area contributed by atoms with E-state index < -0.39 is 0 Å². The van der Waals surface area contributed by atoms with Gasteiger partial charge in [-0.25, -0.2) is 4.98 Å². The van der Waals surface area contributed by atoms with Crippen molar-refractivity contribution in [3.8, 4) is 0 Å². The summed E-state index contributed by atoms with van der Waals surface area (Å²) in [5, 5.41) is 9.51. The van der Waals surface area contributed by atoms with E-state index in [1.54, 1.807) is 6.92 Å². The van der Waals surface area contributed by atoms with Gasteiger partial charge in [-0.1, -0.05) is 0 Å². The van der Waals surface area contributed by atoms with Crippen LogP contribution in [0.4, 0.5) is 5.82 Å². The minimum absolute atomic E-state index is 0.175. The van der Waals surface area contributed by atoms with E-state index >= 15 is 0 Å². The first kappa shape index (κ1) is 11.6.